The topological polar surface area (TPSA) is 55.2 Å². The number of unbranched alkanes of at least 4 members (excludes halogenated alkanes) is 1. The fraction of sp³-hybridized carbons (Fsp3) is 0.562. The lowest BCUT2D eigenvalue weighted by atomic mass is 10.3. The van der Waals surface area contributed by atoms with E-state index < -0.39 is 22.6 Å². The van der Waals surface area contributed by atoms with Crippen LogP contribution in [0.5, 0.6) is 0 Å². The largest absolute Gasteiger partial charge is 0.389 e. The van der Waals surface area contributed by atoms with E-state index in [9.17, 15) is 21.6 Å². The van der Waals surface area contributed by atoms with Gasteiger partial charge in [-0.05, 0) is 24.6 Å². The lowest BCUT2D eigenvalue weighted by molar-refractivity contribution is -0.129. The quantitative estimate of drug-likeness (QED) is 0.615. The Hall–Kier alpha value is -1.26. The third-order valence-corrected chi connectivity index (χ3v) is 6.60. The number of thioether (sulfide) groups is 1. The van der Waals surface area contributed by atoms with Gasteiger partial charge in [0.2, 0.25) is 10.0 Å². The summed E-state index contributed by atoms with van der Waals surface area (Å²) in [5.41, 5.74) is 1.20. The Labute approximate surface area is 155 Å². The number of imidazole rings is 1. The molecule has 0 fully saturated rings. The number of aryl methyl sites for hydroxylation is 1. The van der Waals surface area contributed by atoms with Crippen LogP contribution in [0, 0.1) is 0 Å². The van der Waals surface area contributed by atoms with Crippen molar-refractivity contribution in [3.8, 4) is 0 Å². The van der Waals surface area contributed by atoms with E-state index in [1.165, 1.54) is 26.2 Å². The average Bonchev–Trinajstić information content (AvgIpc) is 2.88. The first kappa shape index (κ1) is 21.0. The molecule has 0 unspecified atom stereocenters. The smallest absolute Gasteiger partial charge is 0.319 e. The van der Waals surface area contributed by atoms with Crippen LogP contribution >= 0.6 is 11.8 Å². The van der Waals surface area contributed by atoms with Gasteiger partial charge in [-0.1, -0.05) is 25.1 Å². The number of aromatic nitrogens is 2. The average molecular weight is 409 g/mol. The van der Waals surface area contributed by atoms with Crippen molar-refractivity contribution in [1.82, 2.24) is 13.9 Å². The van der Waals surface area contributed by atoms with Gasteiger partial charge in [0.1, 0.15) is 0 Å². The van der Waals surface area contributed by atoms with Gasteiger partial charge < -0.3 is 4.57 Å². The summed E-state index contributed by atoms with van der Waals surface area (Å²) in [6, 6.07) is 4.65. The molecule has 0 aliphatic rings. The molecule has 0 atom stereocenters. The van der Waals surface area contributed by atoms with Crippen molar-refractivity contribution < 1.29 is 21.6 Å². The van der Waals surface area contributed by atoms with Crippen LogP contribution < -0.4 is 0 Å². The summed E-state index contributed by atoms with van der Waals surface area (Å²) in [5.74, 6) is -0.123. The number of benzene rings is 1. The van der Waals surface area contributed by atoms with E-state index in [1.807, 2.05) is 11.5 Å². The summed E-state index contributed by atoms with van der Waals surface area (Å²) in [5, 5.41) is 0.483. The minimum atomic E-state index is -4.21. The first-order valence-electron chi connectivity index (χ1n) is 8.18. The van der Waals surface area contributed by atoms with Crippen LogP contribution in [0.1, 0.15) is 26.2 Å². The Morgan fingerprint density at radius 3 is 2.54 bits per heavy atom. The standard InChI is InChI=1S/C16H22F3N3O2S2/c1-4-5-9-22-14-7-6-12(26(23,24)21(2)3)11-13(14)20-15(22)25-10-8-16(17,18)19/h6-7,11H,4-5,8-10H2,1-3H3. The monoisotopic (exact) mass is 409 g/mol. The molecule has 0 bridgehead atoms. The SMILES string of the molecule is CCCCn1c(SCCC(F)(F)F)nc2cc(S(=O)(=O)N(C)C)ccc21. The molecule has 0 amide bonds. The Morgan fingerprint density at radius 2 is 1.96 bits per heavy atom. The van der Waals surface area contributed by atoms with E-state index in [4.69, 9.17) is 0 Å². The third kappa shape index (κ3) is 4.92. The Bertz CT molecular complexity index is 861. The molecular weight excluding hydrogens is 387 g/mol. The molecule has 1 heterocycles. The maximum atomic E-state index is 12.4. The highest BCUT2D eigenvalue weighted by molar-refractivity contribution is 7.99. The number of nitrogens with zero attached hydrogens (tertiary/aromatic N) is 3. The first-order valence-corrected chi connectivity index (χ1v) is 10.6. The molecule has 26 heavy (non-hydrogen) atoms. The molecule has 10 heteroatoms. The van der Waals surface area contributed by atoms with E-state index in [-0.39, 0.29) is 10.6 Å². The second kappa shape index (κ2) is 8.18. The molecular formula is C16H22F3N3O2S2. The van der Waals surface area contributed by atoms with Gasteiger partial charge in [0.05, 0.1) is 22.3 Å². The van der Waals surface area contributed by atoms with Gasteiger partial charge in [0, 0.05) is 26.4 Å². The highest BCUT2D eigenvalue weighted by Gasteiger charge is 2.27. The van der Waals surface area contributed by atoms with Crippen LogP contribution in [0.4, 0.5) is 13.2 Å². The van der Waals surface area contributed by atoms with Gasteiger partial charge in [-0.15, -0.1) is 0 Å². The number of rotatable bonds is 8. The lowest BCUT2D eigenvalue weighted by Crippen LogP contribution is -2.22. The zero-order valence-electron chi connectivity index (χ0n) is 14.9. The molecule has 146 valence electrons. The van der Waals surface area contributed by atoms with E-state index in [0.717, 1.165) is 34.4 Å². The lowest BCUT2D eigenvalue weighted by Gasteiger charge is -2.11. The van der Waals surface area contributed by atoms with Gasteiger partial charge in [-0.2, -0.15) is 13.2 Å². The highest BCUT2D eigenvalue weighted by Crippen LogP contribution is 2.30. The first-order chi connectivity index (χ1) is 12.1. The van der Waals surface area contributed by atoms with Gasteiger partial charge in [-0.3, -0.25) is 0 Å². The molecule has 1 aromatic heterocycles. The van der Waals surface area contributed by atoms with E-state index in [0.29, 0.717) is 17.2 Å². The molecule has 0 spiro atoms. The van der Waals surface area contributed by atoms with Gasteiger partial charge in [-0.25, -0.2) is 17.7 Å². The molecule has 1 aromatic carbocycles. The summed E-state index contributed by atoms with van der Waals surface area (Å²) in [6.45, 7) is 2.65. The van der Waals surface area contributed by atoms with Crippen LogP contribution in [0.3, 0.4) is 0 Å². The van der Waals surface area contributed by atoms with Gasteiger partial charge >= 0.3 is 6.18 Å². The second-order valence-electron chi connectivity index (χ2n) is 6.05. The predicted molar refractivity (Wildman–Crippen MR) is 96.9 cm³/mol. The van der Waals surface area contributed by atoms with Crippen molar-refractivity contribution in [1.29, 1.82) is 0 Å². The third-order valence-electron chi connectivity index (χ3n) is 3.82. The van der Waals surface area contributed by atoms with Crippen LogP contribution in [0.25, 0.3) is 11.0 Å². The number of fused-ring (bicyclic) bond motifs is 1. The van der Waals surface area contributed by atoms with Crippen LogP contribution in [-0.2, 0) is 16.6 Å². The number of alkyl halides is 3. The summed E-state index contributed by atoms with van der Waals surface area (Å²) in [6.07, 6.45) is -3.31. The van der Waals surface area contributed by atoms with Crippen LogP contribution in [0.2, 0.25) is 0 Å². The Balaban J connectivity index is 2.40. The zero-order chi connectivity index (χ0) is 19.5. The molecule has 2 rings (SSSR count). The van der Waals surface area contributed by atoms with Crippen LogP contribution in [-0.4, -0.2) is 48.3 Å². The number of sulfonamides is 1. The molecule has 2 aromatic rings. The minimum absolute atomic E-state index is 0.113. The van der Waals surface area contributed by atoms with Crippen molar-refractivity contribution in [2.24, 2.45) is 0 Å². The van der Waals surface area contributed by atoms with Crippen molar-refractivity contribution in [3.63, 3.8) is 0 Å². The highest BCUT2D eigenvalue weighted by atomic mass is 32.2. The predicted octanol–water partition coefficient (Wildman–Crippen LogP) is 4.13. The zero-order valence-corrected chi connectivity index (χ0v) is 16.5. The van der Waals surface area contributed by atoms with Gasteiger partial charge in [0.25, 0.3) is 0 Å². The molecule has 0 aliphatic heterocycles. The fourth-order valence-electron chi connectivity index (χ4n) is 2.36. The number of hydrogen-bond donors (Lipinski definition) is 0. The number of halogens is 3. The fourth-order valence-corrected chi connectivity index (χ4v) is 4.31. The molecule has 0 saturated carbocycles. The van der Waals surface area contributed by atoms with Gasteiger partial charge in [0.15, 0.2) is 5.16 Å². The maximum absolute atomic E-state index is 12.4. The van der Waals surface area contributed by atoms with Crippen molar-refractivity contribution in [2.45, 2.75) is 49.0 Å². The summed E-state index contributed by atoms with van der Waals surface area (Å²) in [4.78, 5) is 4.51. The van der Waals surface area contributed by atoms with Crippen molar-refractivity contribution in [2.75, 3.05) is 19.8 Å². The summed E-state index contributed by atoms with van der Waals surface area (Å²) >= 11 is 1.04. The summed E-state index contributed by atoms with van der Waals surface area (Å²) in [7, 11) is -0.712. The summed E-state index contributed by atoms with van der Waals surface area (Å²) < 4.78 is 64.8. The molecule has 0 aliphatic carbocycles. The van der Waals surface area contributed by atoms with Crippen molar-refractivity contribution >= 4 is 32.8 Å². The molecule has 5 nitrogen and oxygen atoms in total. The number of hydrogen-bond acceptors (Lipinski definition) is 4. The van der Waals surface area contributed by atoms with E-state index >= 15 is 0 Å². The normalized spacial score (nSPS) is 13.0. The van der Waals surface area contributed by atoms with E-state index in [2.05, 4.69) is 4.98 Å². The molecule has 0 N–H and O–H groups in total. The Morgan fingerprint density at radius 1 is 1.27 bits per heavy atom. The Kier molecular flexibility index (Phi) is 6.62. The maximum Gasteiger partial charge on any atom is 0.389 e. The molecule has 0 saturated heterocycles. The minimum Gasteiger partial charge on any atom is -0.319 e. The van der Waals surface area contributed by atoms with E-state index in [1.54, 1.807) is 6.07 Å². The second-order valence-corrected chi connectivity index (χ2v) is 9.27. The van der Waals surface area contributed by atoms with Crippen molar-refractivity contribution in [3.05, 3.63) is 18.2 Å². The van der Waals surface area contributed by atoms with Crippen LogP contribution in [0.15, 0.2) is 28.3 Å². The molecule has 0 radical (unpaired) electrons.